The van der Waals surface area contributed by atoms with Crippen molar-refractivity contribution in [1.29, 1.82) is 0 Å². The van der Waals surface area contributed by atoms with E-state index in [4.69, 9.17) is 12.3 Å². The molecule has 2 aromatic heterocycles. The lowest BCUT2D eigenvalue weighted by molar-refractivity contribution is 0.243. The zero-order chi connectivity index (χ0) is 19.8. The topological polar surface area (TPSA) is 64.3 Å². The third-order valence-electron chi connectivity index (χ3n) is 4.88. The highest BCUT2D eigenvalue weighted by molar-refractivity contribution is 5.85. The van der Waals surface area contributed by atoms with Crippen LogP contribution in [0.4, 0.5) is 24.8 Å². The van der Waals surface area contributed by atoms with E-state index in [1.165, 1.54) is 6.20 Å². The Morgan fingerprint density at radius 2 is 2.00 bits per heavy atom. The lowest BCUT2D eigenvalue weighted by atomic mass is 10.1. The van der Waals surface area contributed by atoms with Crippen LogP contribution in [0, 0.1) is 18.2 Å². The summed E-state index contributed by atoms with van der Waals surface area (Å²) in [5.41, 5.74) is 7.60. The standard InChI is InChI=1S/C19H17F3N6.ClH/c1-24-11-2-3-12(25-8-11)9-28-18-7-15(22)14(21)6-17(18)26-19(28)27-5-4-13(20)16(23)10-27;/h2-3,6-8,13,16H,4-5,9-10,23H2;1H/t13-,16+;/m0./s1. The first-order valence-electron chi connectivity index (χ1n) is 8.78. The molecule has 1 saturated heterocycles. The van der Waals surface area contributed by atoms with Crippen LogP contribution >= 0.6 is 12.4 Å². The van der Waals surface area contributed by atoms with Gasteiger partial charge in [0.1, 0.15) is 6.17 Å². The molecule has 1 fully saturated rings. The van der Waals surface area contributed by atoms with Crippen LogP contribution in [0.2, 0.25) is 0 Å². The van der Waals surface area contributed by atoms with Crippen LogP contribution in [0.3, 0.4) is 0 Å². The smallest absolute Gasteiger partial charge is 0.206 e. The van der Waals surface area contributed by atoms with E-state index in [-0.39, 0.29) is 31.9 Å². The summed E-state index contributed by atoms with van der Waals surface area (Å²) in [4.78, 5) is 13.8. The first-order valence-corrected chi connectivity index (χ1v) is 8.78. The number of halogens is 4. The number of aromatic nitrogens is 3. The normalized spacial score (nSPS) is 19.1. The van der Waals surface area contributed by atoms with Crippen molar-refractivity contribution >= 4 is 35.1 Å². The zero-order valence-corrected chi connectivity index (χ0v) is 16.0. The molecule has 3 heterocycles. The summed E-state index contributed by atoms with van der Waals surface area (Å²) in [6, 6.07) is 4.81. The molecule has 4 rings (SSSR count). The molecule has 0 amide bonds. The summed E-state index contributed by atoms with van der Waals surface area (Å²) in [6.45, 7) is 7.89. The van der Waals surface area contributed by atoms with Crippen molar-refractivity contribution in [2.75, 3.05) is 18.0 Å². The highest BCUT2D eigenvalue weighted by Crippen LogP contribution is 2.28. The number of pyridine rings is 1. The summed E-state index contributed by atoms with van der Waals surface area (Å²) in [7, 11) is 0. The molecule has 2 N–H and O–H groups in total. The molecule has 0 aliphatic carbocycles. The van der Waals surface area contributed by atoms with Gasteiger partial charge in [-0.3, -0.25) is 4.98 Å². The number of hydrogen-bond acceptors (Lipinski definition) is 4. The fourth-order valence-electron chi connectivity index (χ4n) is 3.38. The molecule has 152 valence electrons. The maximum atomic E-state index is 13.9. The molecule has 10 heteroatoms. The van der Waals surface area contributed by atoms with Gasteiger partial charge in [-0.15, -0.1) is 12.4 Å². The molecule has 0 unspecified atom stereocenters. The molecular weight excluding hydrogens is 405 g/mol. The van der Waals surface area contributed by atoms with Crippen molar-refractivity contribution in [1.82, 2.24) is 14.5 Å². The number of benzene rings is 1. The predicted molar refractivity (Wildman–Crippen MR) is 106 cm³/mol. The zero-order valence-electron chi connectivity index (χ0n) is 15.2. The fraction of sp³-hybridized carbons (Fsp3) is 0.316. The number of alkyl halides is 1. The molecule has 1 aliphatic rings. The highest BCUT2D eigenvalue weighted by Gasteiger charge is 2.29. The summed E-state index contributed by atoms with van der Waals surface area (Å²) < 4.78 is 43.1. The maximum absolute atomic E-state index is 13.9. The second kappa shape index (κ2) is 8.27. The Morgan fingerprint density at radius 3 is 2.66 bits per heavy atom. The molecule has 1 aromatic carbocycles. The Balaban J connectivity index is 0.00000240. The third kappa shape index (κ3) is 3.99. The highest BCUT2D eigenvalue weighted by atomic mass is 35.5. The van der Waals surface area contributed by atoms with Crippen LogP contribution in [0.5, 0.6) is 0 Å². The molecule has 1 aliphatic heterocycles. The largest absolute Gasteiger partial charge is 0.340 e. The maximum Gasteiger partial charge on any atom is 0.206 e. The summed E-state index contributed by atoms with van der Waals surface area (Å²) in [5, 5.41) is 0. The van der Waals surface area contributed by atoms with Crippen molar-refractivity contribution in [2.45, 2.75) is 25.2 Å². The van der Waals surface area contributed by atoms with E-state index in [9.17, 15) is 13.2 Å². The van der Waals surface area contributed by atoms with Gasteiger partial charge in [0, 0.05) is 31.4 Å². The fourth-order valence-corrected chi connectivity index (χ4v) is 3.38. The molecular formula is C19H18ClF3N6. The van der Waals surface area contributed by atoms with Crippen LogP contribution in [-0.4, -0.2) is 39.8 Å². The quantitative estimate of drug-likeness (QED) is 0.655. The van der Waals surface area contributed by atoms with Gasteiger partial charge in [-0.2, -0.15) is 0 Å². The van der Waals surface area contributed by atoms with Gasteiger partial charge < -0.3 is 15.2 Å². The van der Waals surface area contributed by atoms with Gasteiger partial charge in [-0.1, -0.05) is 6.07 Å². The van der Waals surface area contributed by atoms with Crippen LogP contribution < -0.4 is 10.6 Å². The summed E-state index contributed by atoms with van der Waals surface area (Å²) >= 11 is 0. The average molecular weight is 423 g/mol. The van der Waals surface area contributed by atoms with E-state index < -0.39 is 23.8 Å². The van der Waals surface area contributed by atoms with Crippen molar-refractivity contribution in [3.05, 3.63) is 59.2 Å². The van der Waals surface area contributed by atoms with Gasteiger partial charge in [0.15, 0.2) is 11.6 Å². The SMILES string of the molecule is Cl.[C-]#[N+]c1ccc(Cn2c(N3CC[C@H](F)[C@H](N)C3)nc3cc(F)c(F)cc32)nc1. The average Bonchev–Trinajstić information content (AvgIpc) is 3.02. The molecule has 29 heavy (non-hydrogen) atoms. The van der Waals surface area contributed by atoms with Gasteiger partial charge in [0.05, 0.1) is 35.9 Å². The Morgan fingerprint density at radius 1 is 1.24 bits per heavy atom. The minimum absolute atomic E-state index is 0. The first kappa shape index (κ1) is 20.9. The Hall–Kier alpha value is -2.83. The molecule has 0 bridgehead atoms. The van der Waals surface area contributed by atoms with Crippen molar-refractivity contribution in [3.63, 3.8) is 0 Å². The predicted octanol–water partition coefficient (Wildman–Crippen LogP) is 3.61. The van der Waals surface area contributed by atoms with E-state index in [0.717, 1.165) is 12.1 Å². The number of anilines is 1. The lowest BCUT2D eigenvalue weighted by Gasteiger charge is -2.34. The third-order valence-corrected chi connectivity index (χ3v) is 4.88. The van der Waals surface area contributed by atoms with E-state index in [1.807, 2.05) is 4.90 Å². The van der Waals surface area contributed by atoms with Crippen molar-refractivity contribution < 1.29 is 13.2 Å². The molecule has 3 aromatic rings. The van der Waals surface area contributed by atoms with Gasteiger partial charge in [0.2, 0.25) is 11.6 Å². The van der Waals surface area contributed by atoms with Crippen LogP contribution in [0.1, 0.15) is 12.1 Å². The molecule has 6 nitrogen and oxygen atoms in total. The van der Waals surface area contributed by atoms with Gasteiger partial charge >= 0.3 is 0 Å². The number of fused-ring (bicyclic) bond motifs is 1. The minimum Gasteiger partial charge on any atom is -0.340 e. The van der Waals surface area contributed by atoms with Gasteiger partial charge in [0.25, 0.3) is 0 Å². The lowest BCUT2D eigenvalue weighted by Crippen LogP contribution is -2.50. The van der Waals surface area contributed by atoms with E-state index in [2.05, 4.69) is 14.8 Å². The van der Waals surface area contributed by atoms with E-state index in [0.29, 0.717) is 34.9 Å². The summed E-state index contributed by atoms with van der Waals surface area (Å²) in [6.07, 6.45) is 0.614. The number of nitrogens with zero attached hydrogens (tertiary/aromatic N) is 5. The number of hydrogen-bond donors (Lipinski definition) is 1. The monoisotopic (exact) mass is 422 g/mol. The summed E-state index contributed by atoms with van der Waals surface area (Å²) in [5.74, 6) is -1.50. The van der Waals surface area contributed by atoms with Crippen LogP contribution in [-0.2, 0) is 6.54 Å². The second-order valence-corrected chi connectivity index (χ2v) is 6.79. The molecule has 0 radical (unpaired) electrons. The minimum atomic E-state index is -1.09. The van der Waals surface area contributed by atoms with E-state index in [1.54, 1.807) is 16.7 Å². The van der Waals surface area contributed by atoms with E-state index >= 15 is 0 Å². The second-order valence-electron chi connectivity index (χ2n) is 6.79. The molecule has 0 spiro atoms. The number of piperidine rings is 1. The Labute approximate surface area is 171 Å². The first-order chi connectivity index (χ1) is 13.5. The molecule has 2 atom stereocenters. The Kier molecular flexibility index (Phi) is 5.96. The molecule has 0 saturated carbocycles. The van der Waals surface area contributed by atoms with Crippen LogP contribution in [0.25, 0.3) is 15.9 Å². The van der Waals surface area contributed by atoms with Gasteiger partial charge in [-0.05, 0) is 12.5 Å². The number of rotatable bonds is 3. The Bertz CT molecular complexity index is 1060. The van der Waals surface area contributed by atoms with Crippen LogP contribution in [0.15, 0.2) is 30.5 Å². The number of imidazole rings is 1. The van der Waals surface area contributed by atoms with Crippen molar-refractivity contribution in [2.24, 2.45) is 5.73 Å². The number of nitrogens with two attached hydrogens (primary N) is 1. The van der Waals surface area contributed by atoms with Crippen molar-refractivity contribution in [3.8, 4) is 0 Å². The van der Waals surface area contributed by atoms with Gasteiger partial charge in [-0.25, -0.2) is 23.0 Å².